The van der Waals surface area contributed by atoms with E-state index in [1.165, 1.54) is 0 Å². The maximum Gasteiger partial charge on any atom is 0.0850 e. The number of aryl methyl sites for hydroxylation is 2. The van der Waals surface area contributed by atoms with E-state index in [0.29, 0.717) is 6.42 Å². The second-order valence-electron chi connectivity index (χ2n) is 3.64. The normalized spacial score (nSPS) is 13.1. The van der Waals surface area contributed by atoms with Crippen LogP contribution in [0.25, 0.3) is 0 Å². The van der Waals surface area contributed by atoms with Gasteiger partial charge in [0.2, 0.25) is 0 Å². The summed E-state index contributed by atoms with van der Waals surface area (Å²) in [7, 11) is 0. The topological polar surface area (TPSA) is 38.0 Å². The number of hydrogen-bond acceptors (Lipinski definition) is 2. The van der Waals surface area contributed by atoms with E-state index in [-0.39, 0.29) is 6.10 Å². The molecule has 0 bridgehead atoms. The number of aliphatic hydroxyl groups is 1. The van der Waals surface area contributed by atoms with E-state index in [0.717, 1.165) is 35.8 Å². The van der Waals surface area contributed by atoms with Crippen LogP contribution in [0.5, 0.6) is 0 Å². The number of halogens is 1. The predicted octanol–water partition coefficient (Wildman–Crippen LogP) is 2.43. The molecule has 0 aromatic carbocycles. The van der Waals surface area contributed by atoms with Crippen LogP contribution in [0.15, 0.2) is 0 Å². The molecule has 1 heterocycles. The molecule has 1 unspecified atom stereocenters. The molecule has 3 nitrogen and oxygen atoms in total. The Morgan fingerprint density at radius 1 is 1.40 bits per heavy atom. The minimum absolute atomic E-state index is 0.325. The van der Waals surface area contributed by atoms with Gasteiger partial charge >= 0.3 is 0 Å². The first-order chi connectivity index (χ1) is 7.13. The molecule has 0 radical (unpaired) electrons. The van der Waals surface area contributed by atoms with E-state index in [1.54, 1.807) is 0 Å². The summed E-state index contributed by atoms with van der Waals surface area (Å²) in [6.45, 7) is 6.83. The first kappa shape index (κ1) is 12.5. The number of nitrogens with zero attached hydrogens (tertiary/aromatic N) is 2. The summed E-state index contributed by atoms with van der Waals surface area (Å²) in [6, 6.07) is 0. The van der Waals surface area contributed by atoms with Crippen LogP contribution in [0, 0.1) is 0 Å². The molecule has 0 fully saturated rings. The highest BCUT2D eigenvalue weighted by Gasteiger charge is 2.16. The van der Waals surface area contributed by atoms with Gasteiger partial charge in [-0.15, -0.1) is 0 Å². The Hall–Kier alpha value is -0.540. The molecular formula is C11H19ClN2O. The highest BCUT2D eigenvalue weighted by molar-refractivity contribution is 6.31. The van der Waals surface area contributed by atoms with Crippen LogP contribution in [-0.4, -0.2) is 21.0 Å². The van der Waals surface area contributed by atoms with Crippen molar-refractivity contribution in [3.63, 3.8) is 0 Å². The fraction of sp³-hybridized carbons (Fsp3) is 0.727. The minimum atomic E-state index is -0.325. The van der Waals surface area contributed by atoms with Crippen molar-refractivity contribution in [3.05, 3.63) is 16.4 Å². The molecule has 0 amide bonds. The van der Waals surface area contributed by atoms with E-state index >= 15 is 0 Å². The number of hydrogen-bond donors (Lipinski definition) is 1. The van der Waals surface area contributed by atoms with Crippen molar-refractivity contribution in [3.8, 4) is 0 Å². The molecule has 1 aromatic rings. The fourth-order valence-electron chi connectivity index (χ4n) is 1.58. The highest BCUT2D eigenvalue weighted by Crippen LogP contribution is 2.23. The zero-order valence-electron chi connectivity index (χ0n) is 9.63. The van der Waals surface area contributed by atoms with E-state index in [1.807, 2.05) is 25.5 Å². The molecule has 15 heavy (non-hydrogen) atoms. The zero-order valence-corrected chi connectivity index (χ0v) is 10.4. The second kappa shape index (κ2) is 5.52. The van der Waals surface area contributed by atoms with E-state index in [9.17, 15) is 5.11 Å². The van der Waals surface area contributed by atoms with Gasteiger partial charge in [-0.1, -0.05) is 25.4 Å². The standard InChI is InChI=1S/C11H19ClN2O/c1-4-8(15)7-10-11(12)9(5-2)13-14(10)6-3/h8,15H,4-7H2,1-3H3. The van der Waals surface area contributed by atoms with E-state index < -0.39 is 0 Å². The predicted molar refractivity (Wildman–Crippen MR) is 62.3 cm³/mol. The van der Waals surface area contributed by atoms with Crippen LogP contribution in [-0.2, 0) is 19.4 Å². The van der Waals surface area contributed by atoms with Crippen LogP contribution in [0.4, 0.5) is 0 Å². The molecule has 1 rings (SSSR count). The molecular weight excluding hydrogens is 212 g/mol. The quantitative estimate of drug-likeness (QED) is 0.844. The maximum atomic E-state index is 9.64. The molecule has 0 aliphatic heterocycles. The van der Waals surface area contributed by atoms with Crippen LogP contribution < -0.4 is 0 Å². The summed E-state index contributed by atoms with van der Waals surface area (Å²) in [5, 5.41) is 14.8. The van der Waals surface area contributed by atoms with Crippen LogP contribution in [0.2, 0.25) is 5.02 Å². The molecule has 1 aromatic heterocycles. The van der Waals surface area contributed by atoms with Gasteiger partial charge < -0.3 is 5.11 Å². The SMILES string of the molecule is CCc1nn(CC)c(CC(O)CC)c1Cl. The van der Waals surface area contributed by atoms with Gasteiger partial charge in [0, 0.05) is 13.0 Å². The van der Waals surface area contributed by atoms with Gasteiger partial charge in [-0.3, -0.25) is 4.68 Å². The Morgan fingerprint density at radius 2 is 2.07 bits per heavy atom. The maximum absolute atomic E-state index is 9.64. The molecule has 86 valence electrons. The molecule has 1 N–H and O–H groups in total. The van der Waals surface area contributed by atoms with Crippen molar-refractivity contribution in [2.75, 3.05) is 0 Å². The minimum Gasteiger partial charge on any atom is -0.393 e. The van der Waals surface area contributed by atoms with Gasteiger partial charge in [0.05, 0.1) is 22.5 Å². The van der Waals surface area contributed by atoms with Gasteiger partial charge in [0.15, 0.2) is 0 Å². The highest BCUT2D eigenvalue weighted by atomic mass is 35.5. The van der Waals surface area contributed by atoms with Crippen molar-refractivity contribution in [1.29, 1.82) is 0 Å². The Balaban J connectivity index is 2.97. The molecule has 4 heteroatoms. The average Bonchev–Trinajstić information content (AvgIpc) is 2.55. The van der Waals surface area contributed by atoms with Crippen molar-refractivity contribution in [2.45, 2.75) is 52.7 Å². The van der Waals surface area contributed by atoms with Crippen molar-refractivity contribution in [2.24, 2.45) is 0 Å². The lowest BCUT2D eigenvalue weighted by Gasteiger charge is -2.09. The van der Waals surface area contributed by atoms with Crippen LogP contribution in [0.3, 0.4) is 0 Å². The third-order valence-electron chi connectivity index (χ3n) is 2.59. The summed E-state index contributed by atoms with van der Waals surface area (Å²) < 4.78 is 1.89. The van der Waals surface area contributed by atoms with Gasteiger partial charge in [0.1, 0.15) is 0 Å². The molecule has 0 spiro atoms. The Bertz CT molecular complexity index is 323. The summed E-state index contributed by atoms with van der Waals surface area (Å²) >= 11 is 6.21. The Labute approximate surface area is 96.1 Å². The lowest BCUT2D eigenvalue weighted by molar-refractivity contribution is 0.168. The molecule has 0 saturated carbocycles. The third kappa shape index (κ3) is 2.73. The van der Waals surface area contributed by atoms with E-state index in [2.05, 4.69) is 5.10 Å². The molecule has 0 saturated heterocycles. The van der Waals surface area contributed by atoms with Gasteiger partial charge in [0.25, 0.3) is 0 Å². The van der Waals surface area contributed by atoms with E-state index in [4.69, 9.17) is 11.6 Å². The Morgan fingerprint density at radius 3 is 2.53 bits per heavy atom. The Kier molecular flexibility index (Phi) is 4.61. The third-order valence-corrected chi connectivity index (χ3v) is 3.03. The zero-order chi connectivity index (χ0) is 11.4. The van der Waals surface area contributed by atoms with Crippen molar-refractivity contribution < 1.29 is 5.11 Å². The summed E-state index contributed by atoms with van der Waals surface area (Å²) in [5.74, 6) is 0. The smallest absolute Gasteiger partial charge is 0.0850 e. The summed E-state index contributed by atoms with van der Waals surface area (Å²) in [4.78, 5) is 0. The fourth-order valence-corrected chi connectivity index (χ4v) is 1.93. The first-order valence-corrected chi connectivity index (χ1v) is 5.93. The van der Waals surface area contributed by atoms with Crippen molar-refractivity contribution >= 4 is 11.6 Å². The first-order valence-electron chi connectivity index (χ1n) is 5.56. The molecule has 0 aliphatic carbocycles. The van der Waals surface area contributed by atoms with Crippen LogP contribution >= 0.6 is 11.6 Å². The van der Waals surface area contributed by atoms with Gasteiger partial charge in [-0.2, -0.15) is 5.10 Å². The molecule has 1 atom stereocenters. The number of aromatic nitrogens is 2. The largest absolute Gasteiger partial charge is 0.393 e. The number of rotatable bonds is 5. The van der Waals surface area contributed by atoms with Gasteiger partial charge in [-0.25, -0.2) is 0 Å². The average molecular weight is 231 g/mol. The lowest BCUT2D eigenvalue weighted by atomic mass is 10.1. The second-order valence-corrected chi connectivity index (χ2v) is 4.02. The van der Waals surface area contributed by atoms with Gasteiger partial charge in [-0.05, 0) is 19.8 Å². The molecule has 0 aliphatic rings. The monoisotopic (exact) mass is 230 g/mol. The van der Waals surface area contributed by atoms with Crippen LogP contribution in [0.1, 0.15) is 38.6 Å². The summed E-state index contributed by atoms with van der Waals surface area (Å²) in [5.41, 5.74) is 1.89. The number of aliphatic hydroxyl groups excluding tert-OH is 1. The lowest BCUT2D eigenvalue weighted by Crippen LogP contribution is -2.13. The summed E-state index contributed by atoms with van der Waals surface area (Å²) in [6.07, 6.45) is 1.85. The van der Waals surface area contributed by atoms with Crippen molar-refractivity contribution in [1.82, 2.24) is 9.78 Å².